The number of nitrogens with zero attached hydrogens (tertiary/aromatic N) is 8. The van der Waals surface area contributed by atoms with Crippen LogP contribution in [0.25, 0.3) is 0 Å². The normalized spacial score (nSPS) is 19.4. The summed E-state index contributed by atoms with van der Waals surface area (Å²) in [5.41, 5.74) is 11.0. The molecular weight excluding hydrogens is 602 g/mol. The number of carbonyl (C=O) groups excluding carboxylic acids is 2. The van der Waals surface area contributed by atoms with Gasteiger partial charge in [0, 0.05) is 29.6 Å². The molecule has 1 fully saturated rings. The van der Waals surface area contributed by atoms with Gasteiger partial charge in [-0.3, -0.25) is 14.5 Å². The summed E-state index contributed by atoms with van der Waals surface area (Å²) < 4.78 is 5.50. The monoisotopic (exact) mass is 627 g/mol. The second kappa shape index (κ2) is 13.2. The summed E-state index contributed by atoms with van der Waals surface area (Å²) >= 11 is 3.29. The van der Waals surface area contributed by atoms with E-state index in [9.17, 15) is 29.4 Å². The molecule has 1 saturated heterocycles. The van der Waals surface area contributed by atoms with Crippen LogP contribution in [0.5, 0.6) is 0 Å². The zero-order valence-electron chi connectivity index (χ0n) is 21.4. The largest absolute Gasteiger partial charge is 0.478 e. The summed E-state index contributed by atoms with van der Waals surface area (Å²) in [5.74, 6) is -3.88. The van der Waals surface area contributed by atoms with Crippen molar-refractivity contribution < 1.29 is 34.2 Å². The minimum absolute atomic E-state index is 0.0227. The molecule has 2 aliphatic heterocycles. The molecule has 0 bridgehead atoms. The minimum Gasteiger partial charge on any atom is -0.478 e. The first-order valence-electron chi connectivity index (χ1n) is 12.0. The molecule has 2 unspecified atom stereocenters. The molecule has 2 aromatic heterocycles. The number of hydrogen-bond acceptors (Lipinski definition) is 16. The van der Waals surface area contributed by atoms with E-state index in [0.717, 1.165) is 16.4 Å². The fourth-order valence-electron chi connectivity index (χ4n) is 3.76. The number of nitrogen functional groups attached to an aromatic ring is 1. The van der Waals surface area contributed by atoms with Crippen LogP contribution in [0.1, 0.15) is 25.6 Å². The predicted octanol–water partition coefficient (Wildman–Crippen LogP) is -1.43. The van der Waals surface area contributed by atoms with Crippen LogP contribution < -0.4 is 16.8 Å². The number of anilines is 1. The highest BCUT2D eigenvalue weighted by molar-refractivity contribution is 8.01. The molecule has 0 radical (unpaired) electrons. The number of carbonyl (C=O) groups is 4. The molecule has 0 aromatic carbocycles. The van der Waals surface area contributed by atoms with E-state index in [1.165, 1.54) is 23.5 Å². The van der Waals surface area contributed by atoms with Crippen LogP contribution in [0.4, 0.5) is 5.13 Å². The number of rotatable bonds is 14. The van der Waals surface area contributed by atoms with E-state index < -0.39 is 47.0 Å². The molecule has 3 atom stereocenters. The Morgan fingerprint density at radius 1 is 1.34 bits per heavy atom. The lowest BCUT2D eigenvalue weighted by atomic mass is 10.0. The Bertz CT molecular complexity index is 1390. The number of thioether (sulfide) groups is 2. The Kier molecular flexibility index (Phi) is 9.73. The summed E-state index contributed by atoms with van der Waals surface area (Å²) in [6, 6.07) is -1.10. The molecular formula is C20H25N11O7S3. The topological polar surface area (TPSA) is 267 Å². The van der Waals surface area contributed by atoms with Crippen molar-refractivity contribution in [2.75, 3.05) is 23.8 Å². The van der Waals surface area contributed by atoms with Gasteiger partial charge in [0.1, 0.15) is 17.1 Å². The fourth-order valence-corrected chi connectivity index (χ4v) is 6.59. The zero-order valence-corrected chi connectivity index (χ0v) is 23.8. The second-order valence-electron chi connectivity index (χ2n) is 8.47. The lowest BCUT2D eigenvalue weighted by Crippen LogP contribution is -2.71. The van der Waals surface area contributed by atoms with Gasteiger partial charge in [-0.15, -0.1) is 16.9 Å². The van der Waals surface area contributed by atoms with E-state index in [2.05, 4.69) is 35.4 Å². The van der Waals surface area contributed by atoms with Gasteiger partial charge < -0.3 is 31.8 Å². The first-order chi connectivity index (χ1) is 19.7. The molecule has 0 saturated carbocycles. The number of fused-ring (bicyclic) bond motifs is 1. The SMILES string of the molecule is CCC(O/N=C(\C(=O)NC1C(=O)N2C(C(=O)O)=C(CSc3nnnn3CCCN)CS[C@H]12)c1nsc(N)n1)C(=O)O. The highest BCUT2D eigenvalue weighted by atomic mass is 32.2. The van der Waals surface area contributed by atoms with Crippen molar-refractivity contribution in [3.05, 3.63) is 17.1 Å². The highest BCUT2D eigenvalue weighted by Crippen LogP contribution is 2.41. The molecule has 4 rings (SSSR count). The predicted molar refractivity (Wildman–Crippen MR) is 146 cm³/mol. The quantitative estimate of drug-likeness (QED) is 0.0695. The number of aliphatic carboxylic acids is 2. The molecule has 18 nitrogen and oxygen atoms in total. The van der Waals surface area contributed by atoms with Crippen molar-refractivity contribution in [2.45, 2.75) is 49.0 Å². The summed E-state index contributed by atoms with van der Waals surface area (Å²) in [5, 5.41) is 36.7. The molecule has 220 valence electrons. The van der Waals surface area contributed by atoms with Crippen molar-refractivity contribution in [3.8, 4) is 0 Å². The lowest BCUT2D eigenvalue weighted by Gasteiger charge is -2.49. The van der Waals surface area contributed by atoms with Gasteiger partial charge in [-0.2, -0.15) is 9.36 Å². The van der Waals surface area contributed by atoms with E-state index in [-0.39, 0.29) is 34.6 Å². The lowest BCUT2D eigenvalue weighted by molar-refractivity contribution is -0.151. The van der Waals surface area contributed by atoms with Gasteiger partial charge in [0.15, 0.2) is 5.13 Å². The van der Waals surface area contributed by atoms with E-state index in [1.54, 1.807) is 11.6 Å². The van der Waals surface area contributed by atoms with Crippen molar-refractivity contribution in [2.24, 2.45) is 10.9 Å². The number of aromatic nitrogens is 6. The number of oxime groups is 1. The Morgan fingerprint density at radius 3 is 2.76 bits per heavy atom. The Hall–Kier alpha value is -3.82. The third-order valence-corrected chi connectivity index (χ3v) is 8.70. The van der Waals surface area contributed by atoms with Gasteiger partial charge in [-0.05, 0) is 35.4 Å². The van der Waals surface area contributed by atoms with Gasteiger partial charge in [-0.1, -0.05) is 23.8 Å². The smallest absolute Gasteiger partial charge is 0.352 e. The molecule has 4 heterocycles. The number of tetrazole rings is 1. The number of β-lactam (4-membered cyclic amide) rings is 1. The Balaban J connectivity index is 1.49. The van der Waals surface area contributed by atoms with Gasteiger partial charge in [0.05, 0.1) is 0 Å². The number of carboxylic acid groups (broad SMARTS) is 2. The molecule has 21 heteroatoms. The minimum atomic E-state index is -1.34. The summed E-state index contributed by atoms with van der Waals surface area (Å²) in [4.78, 5) is 59.8. The molecule has 0 aliphatic carbocycles. The molecule has 0 spiro atoms. The van der Waals surface area contributed by atoms with Gasteiger partial charge in [-0.25, -0.2) is 14.3 Å². The summed E-state index contributed by atoms with van der Waals surface area (Å²) in [6.45, 7) is 2.52. The van der Waals surface area contributed by atoms with Crippen molar-refractivity contribution >= 4 is 69.7 Å². The zero-order chi connectivity index (χ0) is 29.7. The van der Waals surface area contributed by atoms with Crippen LogP contribution in [0.2, 0.25) is 0 Å². The maximum atomic E-state index is 13.1. The van der Waals surface area contributed by atoms with E-state index in [0.29, 0.717) is 30.2 Å². The third-order valence-electron chi connectivity index (χ3n) is 5.77. The average molecular weight is 628 g/mol. The summed E-state index contributed by atoms with van der Waals surface area (Å²) in [7, 11) is 0. The fraction of sp³-hybridized carbons (Fsp3) is 0.500. The van der Waals surface area contributed by atoms with Crippen LogP contribution in [-0.4, -0.2) is 110 Å². The number of hydrogen-bond donors (Lipinski definition) is 5. The van der Waals surface area contributed by atoms with Crippen molar-refractivity contribution in [1.29, 1.82) is 0 Å². The first kappa shape index (κ1) is 30.1. The Labute approximate surface area is 244 Å². The first-order valence-corrected chi connectivity index (χ1v) is 14.8. The van der Waals surface area contributed by atoms with Gasteiger partial charge in [0.25, 0.3) is 11.8 Å². The Morgan fingerprint density at radius 2 is 2.12 bits per heavy atom. The number of carboxylic acids is 2. The standard InChI is InChI=1S/C20H25N11O7S3/c1-2-9(17(34)35)38-26-10(13-24-19(22)41-27-13)14(32)23-11-15(33)31-12(18(36)37)8(6-39-16(11)31)7-40-20-25-28-29-30(20)5-3-4-21/h9,11,16H,2-7,21H2,1H3,(H,23,32)(H,34,35)(H,36,37)(H2,22,24,27)/b26-10-/t9?,11?,16-/m1/s1. The van der Waals surface area contributed by atoms with Crippen molar-refractivity contribution in [3.63, 3.8) is 0 Å². The van der Waals surface area contributed by atoms with E-state index >= 15 is 0 Å². The van der Waals surface area contributed by atoms with Crippen LogP contribution in [0.15, 0.2) is 21.6 Å². The molecule has 7 N–H and O–H groups in total. The molecule has 2 aliphatic rings. The number of amides is 2. The van der Waals surface area contributed by atoms with E-state index in [1.807, 2.05) is 0 Å². The van der Waals surface area contributed by atoms with E-state index in [4.69, 9.17) is 16.3 Å². The third kappa shape index (κ3) is 6.57. The number of aryl methyl sites for hydroxylation is 1. The van der Waals surface area contributed by atoms with Crippen LogP contribution in [0.3, 0.4) is 0 Å². The number of nitrogens with two attached hydrogens (primary N) is 2. The van der Waals surface area contributed by atoms with Crippen LogP contribution in [-0.2, 0) is 30.6 Å². The number of nitrogens with one attached hydrogen (secondary N) is 1. The van der Waals surface area contributed by atoms with Crippen molar-refractivity contribution in [1.82, 2.24) is 39.8 Å². The molecule has 41 heavy (non-hydrogen) atoms. The summed E-state index contributed by atoms with van der Waals surface area (Å²) in [6.07, 6.45) is -0.617. The maximum absolute atomic E-state index is 13.1. The molecule has 2 aromatic rings. The van der Waals surface area contributed by atoms with Gasteiger partial charge in [0.2, 0.25) is 22.8 Å². The van der Waals surface area contributed by atoms with Crippen LogP contribution >= 0.6 is 35.1 Å². The van der Waals surface area contributed by atoms with Crippen LogP contribution in [0, 0.1) is 0 Å². The second-order valence-corrected chi connectivity index (χ2v) is 11.3. The van der Waals surface area contributed by atoms with Gasteiger partial charge >= 0.3 is 11.9 Å². The maximum Gasteiger partial charge on any atom is 0.352 e. The highest BCUT2D eigenvalue weighted by Gasteiger charge is 2.54. The average Bonchev–Trinajstić information content (AvgIpc) is 3.58. The molecule has 2 amide bonds.